The van der Waals surface area contributed by atoms with Crippen molar-refractivity contribution in [2.24, 2.45) is 0 Å². The molecule has 0 bridgehead atoms. The lowest BCUT2D eigenvalue weighted by Gasteiger charge is -2.26. The molecule has 0 aliphatic carbocycles. The van der Waals surface area contributed by atoms with Crippen LogP contribution in [0.3, 0.4) is 0 Å². The predicted molar refractivity (Wildman–Crippen MR) is 121 cm³/mol. The number of hydrogen-bond acceptors (Lipinski definition) is 7. The molecule has 3 aromatic rings. The van der Waals surface area contributed by atoms with E-state index in [9.17, 15) is 0 Å². The Balaban J connectivity index is 1.49. The lowest BCUT2D eigenvalue weighted by molar-refractivity contribution is 0.203. The van der Waals surface area contributed by atoms with Crippen LogP contribution in [0.25, 0.3) is 10.9 Å². The second kappa shape index (κ2) is 10.1. The van der Waals surface area contributed by atoms with E-state index in [1.165, 1.54) is 38.7 Å². The fraction of sp³-hybridized carbons (Fsp3) is 0.375. The quantitative estimate of drug-likeness (QED) is 0.540. The van der Waals surface area contributed by atoms with E-state index in [1.54, 1.807) is 19.2 Å². The first-order valence-electron chi connectivity index (χ1n) is 10.7. The van der Waals surface area contributed by atoms with Crippen molar-refractivity contribution in [1.82, 2.24) is 14.9 Å². The van der Waals surface area contributed by atoms with Crippen molar-refractivity contribution in [1.29, 1.82) is 5.26 Å². The van der Waals surface area contributed by atoms with Gasteiger partial charge in [-0.2, -0.15) is 5.26 Å². The Kier molecular flexibility index (Phi) is 6.80. The number of anilines is 2. The summed E-state index contributed by atoms with van der Waals surface area (Å²) in [5.41, 5.74) is 2.14. The zero-order valence-corrected chi connectivity index (χ0v) is 17.8. The Labute approximate surface area is 182 Å². The third kappa shape index (κ3) is 5.22. The molecule has 1 saturated heterocycles. The Morgan fingerprint density at radius 1 is 1.10 bits per heavy atom. The first kappa shape index (κ1) is 20.9. The van der Waals surface area contributed by atoms with Gasteiger partial charge >= 0.3 is 0 Å². The first-order chi connectivity index (χ1) is 15.3. The van der Waals surface area contributed by atoms with Gasteiger partial charge in [-0.25, -0.2) is 9.97 Å². The van der Waals surface area contributed by atoms with Crippen LogP contribution in [0.1, 0.15) is 31.2 Å². The monoisotopic (exact) mass is 417 g/mol. The molecule has 1 N–H and O–H groups in total. The molecule has 0 unspecified atom stereocenters. The van der Waals surface area contributed by atoms with Crippen LogP contribution in [-0.4, -0.2) is 48.2 Å². The summed E-state index contributed by atoms with van der Waals surface area (Å²) in [5.74, 6) is 1.98. The van der Waals surface area contributed by atoms with E-state index in [0.29, 0.717) is 29.5 Å². The Hall–Kier alpha value is -3.37. The van der Waals surface area contributed by atoms with E-state index in [2.05, 4.69) is 26.3 Å². The second-order valence-corrected chi connectivity index (χ2v) is 7.66. The molecule has 0 saturated carbocycles. The topological polar surface area (TPSA) is 83.3 Å². The number of nitriles is 1. The number of nitrogens with one attached hydrogen (secondary N) is 1. The van der Waals surface area contributed by atoms with Gasteiger partial charge in [-0.1, -0.05) is 12.5 Å². The molecule has 1 fully saturated rings. The summed E-state index contributed by atoms with van der Waals surface area (Å²) in [6, 6.07) is 13.2. The Bertz CT molecular complexity index is 1070. The maximum absolute atomic E-state index is 9.12. The van der Waals surface area contributed by atoms with Crippen molar-refractivity contribution in [3.8, 4) is 17.6 Å². The van der Waals surface area contributed by atoms with Crippen molar-refractivity contribution in [2.75, 3.05) is 38.7 Å². The fourth-order valence-electron chi connectivity index (χ4n) is 3.89. The number of piperidine rings is 1. The highest BCUT2D eigenvalue weighted by Gasteiger charge is 2.13. The summed E-state index contributed by atoms with van der Waals surface area (Å²) in [7, 11) is 1.63. The average Bonchev–Trinajstić information content (AvgIpc) is 2.82. The summed E-state index contributed by atoms with van der Waals surface area (Å²) in [5, 5.41) is 13.2. The average molecular weight is 418 g/mol. The number of hydrogen-bond donors (Lipinski definition) is 1. The summed E-state index contributed by atoms with van der Waals surface area (Å²) >= 11 is 0. The molecule has 0 spiro atoms. The maximum Gasteiger partial charge on any atom is 0.163 e. The van der Waals surface area contributed by atoms with Crippen molar-refractivity contribution in [3.63, 3.8) is 0 Å². The second-order valence-electron chi connectivity index (χ2n) is 7.66. The van der Waals surface area contributed by atoms with Gasteiger partial charge in [-0.05, 0) is 56.6 Å². The van der Waals surface area contributed by atoms with E-state index in [-0.39, 0.29) is 0 Å². The molecule has 1 aliphatic heterocycles. The molecular formula is C24H27N5O2. The summed E-state index contributed by atoms with van der Waals surface area (Å²) in [4.78, 5) is 11.3. The number of aromatic nitrogens is 2. The minimum atomic E-state index is 0.584. The van der Waals surface area contributed by atoms with E-state index >= 15 is 0 Å². The third-order valence-electron chi connectivity index (χ3n) is 5.50. The lowest BCUT2D eigenvalue weighted by Crippen LogP contribution is -2.31. The molecule has 0 atom stereocenters. The number of benzene rings is 2. The van der Waals surface area contributed by atoms with Gasteiger partial charge < -0.3 is 19.7 Å². The minimum absolute atomic E-state index is 0.584. The highest BCUT2D eigenvalue weighted by Crippen LogP contribution is 2.34. The number of nitrogens with zero attached hydrogens (tertiary/aromatic N) is 4. The zero-order chi connectivity index (χ0) is 21.5. The molecule has 1 aromatic heterocycles. The van der Waals surface area contributed by atoms with Crippen LogP contribution >= 0.6 is 0 Å². The van der Waals surface area contributed by atoms with E-state index in [1.807, 2.05) is 24.3 Å². The molecule has 4 rings (SSSR count). The van der Waals surface area contributed by atoms with Gasteiger partial charge in [0, 0.05) is 23.7 Å². The van der Waals surface area contributed by atoms with Crippen LogP contribution in [0.4, 0.5) is 11.5 Å². The molecule has 2 aromatic carbocycles. The van der Waals surface area contributed by atoms with Gasteiger partial charge in [-0.15, -0.1) is 0 Å². The molecular weight excluding hydrogens is 390 g/mol. The molecule has 2 heterocycles. The van der Waals surface area contributed by atoms with Gasteiger partial charge in [0.25, 0.3) is 0 Å². The van der Waals surface area contributed by atoms with Gasteiger partial charge in [0.05, 0.1) is 30.9 Å². The number of likely N-dealkylation sites (tertiary alicyclic amines) is 1. The molecule has 0 radical (unpaired) electrons. The minimum Gasteiger partial charge on any atom is -0.493 e. The van der Waals surface area contributed by atoms with Gasteiger partial charge in [0.1, 0.15) is 12.1 Å². The SMILES string of the molecule is COc1cc2c(Nc3cccc(C#N)c3)ncnc2cc1OCCCN1CCCCC1. The highest BCUT2D eigenvalue weighted by atomic mass is 16.5. The zero-order valence-electron chi connectivity index (χ0n) is 17.8. The van der Waals surface area contributed by atoms with Crippen LogP contribution in [0.5, 0.6) is 11.5 Å². The molecule has 160 valence electrons. The molecule has 7 heteroatoms. The van der Waals surface area contributed by atoms with Crippen LogP contribution in [0, 0.1) is 11.3 Å². The van der Waals surface area contributed by atoms with Crippen LogP contribution in [-0.2, 0) is 0 Å². The molecule has 0 amide bonds. The fourth-order valence-corrected chi connectivity index (χ4v) is 3.89. The Morgan fingerprint density at radius 3 is 2.77 bits per heavy atom. The largest absolute Gasteiger partial charge is 0.493 e. The maximum atomic E-state index is 9.12. The molecule has 31 heavy (non-hydrogen) atoms. The van der Waals surface area contributed by atoms with Gasteiger partial charge in [0.2, 0.25) is 0 Å². The number of ether oxygens (including phenoxy) is 2. The summed E-state index contributed by atoms with van der Waals surface area (Å²) in [6.45, 7) is 4.09. The van der Waals surface area contributed by atoms with Gasteiger partial charge in [-0.3, -0.25) is 0 Å². The van der Waals surface area contributed by atoms with E-state index < -0.39 is 0 Å². The predicted octanol–water partition coefficient (Wildman–Crippen LogP) is 4.51. The van der Waals surface area contributed by atoms with Crippen molar-refractivity contribution >= 4 is 22.4 Å². The smallest absolute Gasteiger partial charge is 0.163 e. The number of rotatable bonds is 8. The summed E-state index contributed by atoms with van der Waals surface area (Å²) in [6.07, 6.45) is 6.45. The molecule has 1 aliphatic rings. The van der Waals surface area contributed by atoms with Gasteiger partial charge in [0.15, 0.2) is 11.5 Å². The summed E-state index contributed by atoms with van der Waals surface area (Å²) < 4.78 is 11.6. The van der Waals surface area contributed by atoms with E-state index in [4.69, 9.17) is 14.7 Å². The lowest BCUT2D eigenvalue weighted by atomic mass is 10.1. The Morgan fingerprint density at radius 2 is 1.97 bits per heavy atom. The van der Waals surface area contributed by atoms with Crippen molar-refractivity contribution in [2.45, 2.75) is 25.7 Å². The number of methoxy groups -OCH3 is 1. The van der Waals surface area contributed by atoms with Crippen molar-refractivity contribution in [3.05, 3.63) is 48.3 Å². The molecule has 7 nitrogen and oxygen atoms in total. The first-order valence-corrected chi connectivity index (χ1v) is 10.7. The standard InChI is InChI=1S/C24H27N5O2/c1-30-22-14-20-21(15-23(22)31-12-6-11-29-9-3-2-4-10-29)26-17-27-24(20)28-19-8-5-7-18(13-19)16-25/h5,7-8,13-15,17H,2-4,6,9-12H2,1H3,(H,26,27,28). The number of fused-ring (bicyclic) bond motifs is 1. The third-order valence-corrected chi connectivity index (χ3v) is 5.50. The highest BCUT2D eigenvalue weighted by molar-refractivity contribution is 5.93. The normalized spacial score (nSPS) is 14.2. The van der Waals surface area contributed by atoms with E-state index in [0.717, 1.165) is 29.6 Å². The van der Waals surface area contributed by atoms with Crippen LogP contribution in [0.15, 0.2) is 42.7 Å². The van der Waals surface area contributed by atoms with Crippen LogP contribution in [0.2, 0.25) is 0 Å². The van der Waals surface area contributed by atoms with Crippen LogP contribution < -0.4 is 14.8 Å². The van der Waals surface area contributed by atoms with Crippen molar-refractivity contribution < 1.29 is 9.47 Å².